The molecular formula is C16H16BrClN2. The number of aromatic nitrogens is 1. The summed E-state index contributed by atoms with van der Waals surface area (Å²) in [5.74, 6) is 0.647. The van der Waals surface area contributed by atoms with Gasteiger partial charge in [0.1, 0.15) is 4.60 Å². The molecule has 0 unspecified atom stereocenters. The Morgan fingerprint density at radius 2 is 1.85 bits per heavy atom. The second-order valence-electron chi connectivity index (χ2n) is 5.33. The molecule has 2 aromatic rings. The summed E-state index contributed by atoms with van der Waals surface area (Å²) in [7, 11) is 0. The molecule has 1 aliphatic carbocycles. The highest BCUT2D eigenvalue weighted by molar-refractivity contribution is 9.10. The molecule has 0 amide bonds. The standard InChI is InChI=1S/C16H16BrClN2/c1-10-15(6-7-16(17)19-10)20-14-8-12(9-14)11-2-4-13(18)5-3-11/h2-7,12,14,20H,8-9H2,1H3. The molecule has 2 nitrogen and oxygen atoms in total. The maximum atomic E-state index is 5.92. The number of hydrogen-bond donors (Lipinski definition) is 1. The zero-order valence-electron chi connectivity index (χ0n) is 11.2. The molecule has 1 aromatic carbocycles. The molecule has 20 heavy (non-hydrogen) atoms. The molecule has 1 aliphatic rings. The van der Waals surface area contributed by atoms with Crippen LogP contribution in [0.2, 0.25) is 5.02 Å². The van der Waals surface area contributed by atoms with E-state index in [1.165, 1.54) is 5.56 Å². The lowest BCUT2D eigenvalue weighted by Crippen LogP contribution is -2.34. The van der Waals surface area contributed by atoms with E-state index in [0.29, 0.717) is 12.0 Å². The van der Waals surface area contributed by atoms with Crippen LogP contribution in [0.25, 0.3) is 0 Å². The number of pyridine rings is 1. The van der Waals surface area contributed by atoms with E-state index in [1.807, 2.05) is 25.1 Å². The predicted octanol–water partition coefficient (Wildman–Crippen LogP) is 5.16. The van der Waals surface area contributed by atoms with E-state index in [1.54, 1.807) is 0 Å². The van der Waals surface area contributed by atoms with Crippen LogP contribution in [-0.2, 0) is 0 Å². The molecule has 0 bridgehead atoms. The Hall–Kier alpha value is -1.06. The summed E-state index contributed by atoms with van der Waals surface area (Å²) >= 11 is 9.31. The van der Waals surface area contributed by atoms with Crippen molar-refractivity contribution < 1.29 is 0 Å². The van der Waals surface area contributed by atoms with Crippen molar-refractivity contribution in [3.05, 3.63) is 57.3 Å². The van der Waals surface area contributed by atoms with Crippen molar-refractivity contribution in [1.82, 2.24) is 4.98 Å². The van der Waals surface area contributed by atoms with E-state index in [2.05, 4.69) is 44.4 Å². The van der Waals surface area contributed by atoms with Gasteiger partial charge in [-0.25, -0.2) is 4.98 Å². The largest absolute Gasteiger partial charge is 0.381 e. The van der Waals surface area contributed by atoms with Crippen molar-refractivity contribution in [1.29, 1.82) is 0 Å². The minimum Gasteiger partial charge on any atom is -0.381 e. The predicted molar refractivity (Wildman–Crippen MR) is 87.5 cm³/mol. The average Bonchev–Trinajstić information content (AvgIpc) is 2.37. The first-order chi connectivity index (χ1) is 9.61. The fraction of sp³-hybridized carbons (Fsp3) is 0.312. The minimum absolute atomic E-state index is 0.539. The van der Waals surface area contributed by atoms with Crippen molar-refractivity contribution in [2.24, 2.45) is 0 Å². The summed E-state index contributed by atoms with van der Waals surface area (Å²) in [6.07, 6.45) is 2.33. The molecular weight excluding hydrogens is 336 g/mol. The maximum Gasteiger partial charge on any atom is 0.106 e. The van der Waals surface area contributed by atoms with Crippen LogP contribution in [0.1, 0.15) is 30.0 Å². The van der Waals surface area contributed by atoms with Gasteiger partial charge < -0.3 is 5.32 Å². The molecule has 104 valence electrons. The summed E-state index contributed by atoms with van der Waals surface area (Å²) in [5.41, 5.74) is 3.56. The Morgan fingerprint density at radius 1 is 1.15 bits per heavy atom. The van der Waals surface area contributed by atoms with Crippen molar-refractivity contribution in [2.45, 2.75) is 31.7 Å². The van der Waals surface area contributed by atoms with Gasteiger partial charge in [-0.3, -0.25) is 0 Å². The van der Waals surface area contributed by atoms with Crippen LogP contribution in [0.3, 0.4) is 0 Å². The van der Waals surface area contributed by atoms with Crippen LogP contribution in [0.4, 0.5) is 5.69 Å². The molecule has 0 saturated heterocycles. The zero-order chi connectivity index (χ0) is 14.1. The lowest BCUT2D eigenvalue weighted by Gasteiger charge is -2.37. The highest BCUT2D eigenvalue weighted by Gasteiger charge is 2.30. The molecule has 1 heterocycles. The Morgan fingerprint density at radius 3 is 2.50 bits per heavy atom. The van der Waals surface area contributed by atoms with Crippen molar-refractivity contribution in [3.8, 4) is 0 Å². The summed E-state index contributed by atoms with van der Waals surface area (Å²) in [5, 5.41) is 4.38. The highest BCUT2D eigenvalue weighted by Crippen LogP contribution is 2.39. The van der Waals surface area contributed by atoms with Gasteiger partial charge >= 0.3 is 0 Å². The Kier molecular flexibility index (Phi) is 3.99. The van der Waals surface area contributed by atoms with E-state index in [4.69, 9.17) is 11.6 Å². The number of nitrogens with one attached hydrogen (secondary N) is 1. The number of nitrogens with zero attached hydrogens (tertiary/aromatic N) is 1. The molecule has 0 radical (unpaired) electrons. The summed E-state index contributed by atoms with van der Waals surface area (Å²) in [6, 6.07) is 12.8. The van der Waals surface area contributed by atoms with E-state index in [0.717, 1.165) is 33.8 Å². The molecule has 1 fully saturated rings. The van der Waals surface area contributed by atoms with Crippen LogP contribution in [0.15, 0.2) is 41.0 Å². The summed E-state index contributed by atoms with van der Waals surface area (Å²) < 4.78 is 0.883. The van der Waals surface area contributed by atoms with Crippen LogP contribution < -0.4 is 5.32 Å². The van der Waals surface area contributed by atoms with E-state index in [9.17, 15) is 0 Å². The van der Waals surface area contributed by atoms with Crippen LogP contribution >= 0.6 is 27.5 Å². The second kappa shape index (κ2) is 5.74. The molecule has 1 N–H and O–H groups in total. The number of anilines is 1. The van der Waals surface area contributed by atoms with Gasteiger partial charge in [0.05, 0.1) is 11.4 Å². The van der Waals surface area contributed by atoms with Crippen molar-refractivity contribution in [3.63, 3.8) is 0 Å². The highest BCUT2D eigenvalue weighted by atomic mass is 79.9. The fourth-order valence-corrected chi connectivity index (χ4v) is 3.17. The third-order valence-corrected chi connectivity index (χ3v) is 4.58. The van der Waals surface area contributed by atoms with E-state index < -0.39 is 0 Å². The lowest BCUT2D eigenvalue weighted by molar-refractivity contribution is 0.374. The van der Waals surface area contributed by atoms with Crippen LogP contribution in [-0.4, -0.2) is 11.0 Å². The first-order valence-corrected chi connectivity index (χ1v) is 7.94. The quantitative estimate of drug-likeness (QED) is 0.772. The lowest BCUT2D eigenvalue weighted by atomic mass is 9.76. The molecule has 1 saturated carbocycles. The Bertz CT molecular complexity index is 606. The maximum absolute atomic E-state index is 5.92. The van der Waals surface area contributed by atoms with Crippen molar-refractivity contribution >= 4 is 33.2 Å². The first kappa shape index (κ1) is 13.9. The zero-order valence-corrected chi connectivity index (χ0v) is 13.6. The third kappa shape index (κ3) is 2.99. The topological polar surface area (TPSA) is 24.9 Å². The molecule has 0 spiro atoms. The molecule has 0 atom stereocenters. The van der Waals surface area contributed by atoms with Gasteiger partial charge in [-0.15, -0.1) is 0 Å². The van der Waals surface area contributed by atoms with Crippen LogP contribution in [0.5, 0.6) is 0 Å². The van der Waals surface area contributed by atoms with Crippen molar-refractivity contribution in [2.75, 3.05) is 5.32 Å². The Labute approximate surface area is 132 Å². The van der Waals surface area contributed by atoms with Gasteiger partial charge in [-0.05, 0) is 71.4 Å². The third-order valence-electron chi connectivity index (χ3n) is 3.89. The van der Waals surface area contributed by atoms with Crippen LogP contribution in [0, 0.1) is 6.92 Å². The number of hydrogen-bond acceptors (Lipinski definition) is 2. The Balaban J connectivity index is 1.59. The molecule has 4 heteroatoms. The van der Waals surface area contributed by atoms with Gasteiger partial charge in [-0.2, -0.15) is 0 Å². The normalized spacial score (nSPS) is 21.4. The number of halogens is 2. The summed E-state index contributed by atoms with van der Waals surface area (Å²) in [4.78, 5) is 4.41. The van der Waals surface area contributed by atoms with Gasteiger partial charge in [-0.1, -0.05) is 23.7 Å². The van der Waals surface area contributed by atoms with Gasteiger partial charge in [0.2, 0.25) is 0 Å². The molecule has 1 aromatic heterocycles. The van der Waals surface area contributed by atoms with Gasteiger partial charge in [0, 0.05) is 11.1 Å². The smallest absolute Gasteiger partial charge is 0.106 e. The first-order valence-electron chi connectivity index (χ1n) is 6.77. The van der Waals surface area contributed by atoms with Gasteiger partial charge in [0.25, 0.3) is 0 Å². The molecule has 0 aliphatic heterocycles. The monoisotopic (exact) mass is 350 g/mol. The number of benzene rings is 1. The van der Waals surface area contributed by atoms with E-state index in [-0.39, 0.29) is 0 Å². The SMILES string of the molecule is Cc1nc(Br)ccc1NC1CC(c2ccc(Cl)cc2)C1. The van der Waals surface area contributed by atoms with E-state index >= 15 is 0 Å². The van der Waals surface area contributed by atoms with Gasteiger partial charge in [0.15, 0.2) is 0 Å². The summed E-state index contributed by atoms with van der Waals surface area (Å²) in [6.45, 7) is 2.03. The average molecular weight is 352 g/mol. The second-order valence-corrected chi connectivity index (χ2v) is 6.58. The fourth-order valence-electron chi connectivity index (χ4n) is 2.65. The number of rotatable bonds is 3. The molecule has 3 rings (SSSR count). The minimum atomic E-state index is 0.539. The number of aryl methyl sites for hydroxylation is 1.